The number of aryl methyl sites for hydroxylation is 1. The molecule has 0 aliphatic carbocycles. The van der Waals surface area contributed by atoms with Crippen molar-refractivity contribution in [3.63, 3.8) is 0 Å². The summed E-state index contributed by atoms with van der Waals surface area (Å²) in [5, 5.41) is 0. The van der Waals surface area contributed by atoms with Gasteiger partial charge in [0.1, 0.15) is 16.4 Å². The molecule has 2 aromatic heterocycles. The van der Waals surface area contributed by atoms with Crippen LogP contribution in [0.5, 0.6) is 0 Å². The largest absolute Gasteiger partial charge is 0.345 e. The number of hydrogen-bond acceptors (Lipinski definition) is 4. The minimum Gasteiger partial charge on any atom is -0.345 e. The molecule has 3 aromatic rings. The van der Waals surface area contributed by atoms with Gasteiger partial charge >= 0.3 is 0 Å². The van der Waals surface area contributed by atoms with Crippen molar-refractivity contribution in [2.75, 3.05) is 19.6 Å². The maximum atomic E-state index is 13.4. The fraction of sp³-hybridized carbons (Fsp3) is 0.455. The highest BCUT2D eigenvalue weighted by molar-refractivity contribution is 7.89. The van der Waals surface area contributed by atoms with Gasteiger partial charge in [-0.1, -0.05) is 18.6 Å². The monoisotopic (exact) mass is 441 g/mol. The summed E-state index contributed by atoms with van der Waals surface area (Å²) >= 11 is 0. The number of likely N-dealkylation sites (tertiary alicyclic amines) is 1. The standard InChI is InChI=1S/C22H27N5O3S/c1-25-15-16(31(29,30)26-11-5-2-6-12-26)14-20(25)22(28)27-13-7-10-19(27)21-23-17-8-3-4-9-18(17)24-21/h3-4,8-9,14-15,19H,2,5-7,10-13H2,1H3,(H,23,24). The summed E-state index contributed by atoms with van der Waals surface area (Å²) < 4.78 is 29.3. The third-order valence-corrected chi connectivity index (χ3v) is 8.25. The second-order valence-electron chi connectivity index (χ2n) is 8.43. The van der Waals surface area contributed by atoms with Gasteiger partial charge in [0, 0.05) is 32.9 Å². The summed E-state index contributed by atoms with van der Waals surface area (Å²) in [5.41, 5.74) is 2.22. The topological polar surface area (TPSA) is 91.3 Å². The molecule has 1 N–H and O–H groups in total. The van der Waals surface area contributed by atoms with Crippen molar-refractivity contribution in [2.45, 2.75) is 43.0 Å². The van der Waals surface area contributed by atoms with Gasteiger partial charge < -0.3 is 14.5 Å². The van der Waals surface area contributed by atoms with Crippen LogP contribution in [-0.2, 0) is 17.1 Å². The summed E-state index contributed by atoms with van der Waals surface area (Å²) in [7, 11) is -1.85. The average molecular weight is 442 g/mol. The van der Waals surface area contributed by atoms with Crippen LogP contribution in [0.4, 0.5) is 0 Å². The molecule has 164 valence electrons. The average Bonchev–Trinajstić information content (AvgIpc) is 3.51. The van der Waals surface area contributed by atoms with E-state index in [9.17, 15) is 13.2 Å². The molecule has 0 radical (unpaired) electrons. The predicted molar refractivity (Wildman–Crippen MR) is 117 cm³/mol. The third kappa shape index (κ3) is 3.55. The van der Waals surface area contributed by atoms with E-state index < -0.39 is 10.0 Å². The molecule has 1 aromatic carbocycles. The highest BCUT2D eigenvalue weighted by Crippen LogP contribution is 2.33. The molecule has 2 fully saturated rings. The van der Waals surface area contributed by atoms with E-state index in [1.165, 1.54) is 10.4 Å². The zero-order valence-corrected chi connectivity index (χ0v) is 18.4. The molecule has 5 rings (SSSR count). The lowest BCUT2D eigenvalue weighted by Crippen LogP contribution is -2.35. The second kappa shape index (κ2) is 7.80. The maximum absolute atomic E-state index is 13.4. The van der Waals surface area contributed by atoms with Crippen LogP contribution in [0.25, 0.3) is 11.0 Å². The highest BCUT2D eigenvalue weighted by Gasteiger charge is 2.35. The van der Waals surface area contributed by atoms with Gasteiger partial charge in [0.25, 0.3) is 5.91 Å². The van der Waals surface area contributed by atoms with E-state index >= 15 is 0 Å². The molecular weight excluding hydrogens is 414 g/mol. The van der Waals surface area contributed by atoms with Gasteiger partial charge in [0.15, 0.2) is 0 Å². The SMILES string of the molecule is Cn1cc(S(=O)(=O)N2CCCCC2)cc1C(=O)N1CCCC1c1nc2ccccc2[nH]1. The van der Waals surface area contributed by atoms with Crippen LogP contribution in [0.1, 0.15) is 54.5 Å². The smallest absolute Gasteiger partial charge is 0.271 e. The number of carbonyl (C=O) groups excluding carboxylic acids is 1. The number of H-pyrrole nitrogens is 1. The molecule has 0 bridgehead atoms. The first kappa shape index (κ1) is 20.3. The van der Waals surface area contributed by atoms with Gasteiger partial charge in [-0.15, -0.1) is 0 Å². The first-order chi connectivity index (χ1) is 14.9. The number of piperidine rings is 1. The van der Waals surface area contributed by atoms with Gasteiger partial charge in [0.05, 0.1) is 17.1 Å². The Labute approximate surface area is 181 Å². The number of nitrogens with one attached hydrogen (secondary N) is 1. The molecule has 31 heavy (non-hydrogen) atoms. The highest BCUT2D eigenvalue weighted by atomic mass is 32.2. The zero-order valence-electron chi connectivity index (χ0n) is 17.6. The molecule has 9 heteroatoms. The lowest BCUT2D eigenvalue weighted by molar-refractivity contribution is 0.0721. The molecule has 0 spiro atoms. The lowest BCUT2D eigenvalue weighted by Gasteiger charge is -2.25. The normalized spacial score (nSPS) is 20.5. The van der Waals surface area contributed by atoms with Crippen molar-refractivity contribution in [3.8, 4) is 0 Å². The molecular formula is C22H27N5O3S. The van der Waals surface area contributed by atoms with Gasteiger partial charge in [-0.2, -0.15) is 4.31 Å². The number of sulfonamides is 1. The number of aromatic amines is 1. The summed E-state index contributed by atoms with van der Waals surface area (Å²) in [4.78, 5) is 23.5. The molecule has 1 atom stereocenters. The van der Waals surface area contributed by atoms with E-state index in [0.29, 0.717) is 25.3 Å². The van der Waals surface area contributed by atoms with Crippen molar-refractivity contribution in [1.82, 2.24) is 23.7 Å². The van der Waals surface area contributed by atoms with Crippen LogP contribution >= 0.6 is 0 Å². The summed E-state index contributed by atoms with van der Waals surface area (Å²) in [6.07, 6.45) is 6.09. The zero-order chi connectivity index (χ0) is 21.6. The van der Waals surface area contributed by atoms with E-state index in [4.69, 9.17) is 4.98 Å². The Kier molecular flexibility index (Phi) is 5.10. The quantitative estimate of drug-likeness (QED) is 0.674. The molecule has 2 aliphatic heterocycles. The second-order valence-corrected chi connectivity index (χ2v) is 10.4. The Balaban J connectivity index is 1.43. The molecule has 1 unspecified atom stereocenters. The first-order valence-corrected chi connectivity index (χ1v) is 12.3. The van der Waals surface area contributed by atoms with Crippen LogP contribution in [0.2, 0.25) is 0 Å². The Hall–Kier alpha value is -2.65. The number of aromatic nitrogens is 3. The Morgan fingerprint density at radius 3 is 2.65 bits per heavy atom. The number of benzene rings is 1. The van der Waals surface area contributed by atoms with E-state index in [2.05, 4.69) is 4.98 Å². The number of imidazole rings is 1. The van der Waals surface area contributed by atoms with E-state index in [1.807, 2.05) is 29.2 Å². The third-order valence-electron chi connectivity index (χ3n) is 6.39. The number of fused-ring (bicyclic) bond motifs is 1. The van der Waals surface area contributed by atoms with E-state index in [-0.39, 0.29) is 16.8 Å². The van der Waals surface area contributed by atoms with Gasteiger partial charge in [-0.05, 0) is 43.9 Å². The minimum absolute atomic E-state index is 0.142. The van der Waals surface area contributed by atoms with Crippen LogP contribution in [-0.4, -0.2) is 57.7 Å². The Morgan fingerprint density at radius 1 is 1.10 bits per heavy atom. The number of amides is 1. The van der Waals surface area contributed by atoms with Crippen LogP contribution < -0.4 is 0 Å². The molecule has 4 heterocycles. The number of nitrogens with zero attached hydrogens (tertiary/aromatic N) is 4. The molecule has 8 nitrogen and oxygen atoms in total. The number of rotatable bonds is 4. The first-order valence-electron chi connectivity index (χ1n) is 10.9. The number of carbonyl (C=O) groups is 1. The molecule has 2 saturated heterocycles. The van der Waals surface area contributed by atoms with Crippen LogP contribution in [0.15, 0.2) is 41.4 Å². The van der Waals surface area contributed by atoms with Crippen molar-refractivity contribution in [1.29, 1.82) is 0 Å². The van der Waals surface area contributed by atoms with Crippen molar-refractivity contribution >= 4 is 27.0 Å². The van der Waals surface area contributed by atoms with Crippen LogP contribution in [0.3, 0.4) is 0 Å². The van der Waals surface area contributed by atoms with Gasteiger partial charge in [-0.25, -0.2) is 13.4 Å². The van der Waals surface area contributed by atoms with Crippen molar-refractivity contribution in [2.24, 2.45) is 7.05 Å². The number of hydrogen-bond donors (Lipinski definition) is 1. The summed E-state index contributed by atoms with van der Waals surface area (Å²) in [6, 6.07) is 9.21. The number of para-hydroxylation sites is 2. The molecule has 2 aliphatic rings. The fourth-order valence-corrected chi connectivity index (χ4v) is 6.30. The van der Waals surface area contributed by atoms with Crippen molar-refractivity contribution < 1.29 is 13.2 Å². The van der Waals surface area contributed by atoms with Gasteiger partial charge in [-0.3, -0.25) is 4.79 Å². The maximum Gasteiger partial charge on any atom is 0.271 e. The van der Waals surface area contributed by atoms with Crippen molar-refractivity contribution in [3.05, 3.63) is 48.0 Å². The molecule has 1 amide bonds. The Bertz CT molecular complexity index is 1190. The minimum atomic E-state index is -3.58. The summed E-state index contributed by atoms with van der Waals surface area (Å²) in [5.74, 6) is 0.618. The lowest BCUT2D eigenvalue weighted by atomic mass is 10.2. The molecule has 0 saturated carbocycles. The predicted octanol–water partition coefficient (Wildman–Crippen LogP) is 3.05. The Morgan fingerprint density at radius 2 is 1.87 bits per heavy atom. The van der Waals surface area contributed by atoms with Crippen LogP contribution in [0, 0.1) is 0 Å². The summed E-state index contributed by atoms with van der Waals surface area (Å²) in [6.45, 7) is 1.71. The van der Waals surface area contributed by atoms with E-state index in [1.54, 1.807) is 17.8 Å². The fourth-order valence-electron chi connectivity index (χ4n) is 4.71. The van der Waals surface area contributed by atoms with Gasteiger partial charge in [0.2, 0.25) is 10.0 Å². The van der Waals surface area contributed by atoms with E-state index in [0.717, 1.165) is 49.0 Å².